The summed E-state index contributed by atoms with van der Waals surface area (Å²) in [5.41, 5.74) is 4.28. The Labute approximate surface area is 182 Å². The maximum absolute atomic E-state index is 14.9. The van der Waals surface area contributed by atoms with Gasteiger partial charge in [-0.2, -0.15) is 0 Å². The molecule has 6 nitrogen and oxygen atoms in total. The van der Waals surface area contributed by atoms with E-state index in [0.717, 1.165) is 36.5 Å². The molecule has 160 valence electrons. The molecule has 5 rings (SSSR count). The van der Waals surface area contributed by atoms with E-state index in [1.165, 1.54) is 6.07 Å². The number of hydrogen-bond acceptors (Lipinski definition) is 6. The molecule has 0 aliphatic carbocycles. The van der Waals surface area contributed by atoms with Crippen molar-refractivity contribution in [3.05, 3.63) is 60.5 Å². The molecule has 0 radical (unpaired) electrons. The monoisotopic (exact) mass is 418 g/mol. The number of fused-ring (bicyclic) bond motifs is 2. The summed E-state index contributed by atoms with van der Waals surface area (Å²) in [6.45, 7) is 1.89. The van der Waals surface area contributed by atoms with Crippen molar-refractivity contribution in [2.45, 2.75) is 18.5 Å². The Morgan fingerprint density at radius 2 is 1.84 bits per heavy atom. The van der Waals surface area contributed by atoms with E-state index in [2.05, 4.69) is 49.2 Å². The predicted octanol–water partition coefficient (Wildman–Crippen LogP) is 3.99. The van der Waals surface area contributed by atoms with Gasteiger partial charge >= 0.3 is 0 Å². The quantitative estimate of drug-likeness (QED) is 0.676. The number of likely N-dealkylation sites (tertiary alicyclic amines) is 1. The first kappa shape index (κ1) is 19.8. The number of likely N-dealkylation sites (N-methyl/N-ethyl adjacent to an activating group) is 1. The first-order valence-corrected chi connectivity index (χ1v) is 10.6. The van der Waals surface area contributed by atoms with Crippen LogP contribution in [0.15, 0.2) is 54.7 Å². The number of aromatic nitrogens is 2. The van der Waals surface area contributed by atoms with Gasteiger partial charge < -0.3 is 15.1 Å². The van der Waals surface area contributed by atoms with E-state index >= 15 is 0 Å². The summed E-state index contributed by atoms with van der Waals surface area (Å²) in [6.07, 6.45) is 2.83. The van der Waals surface area contributed by atoms with Gasteiger partial charge in [-0.05, 0) is 49.9 Å². The van der Waals surface area contributed by atoms with Crippen molar-refractivity contribution in [1.29, 1.82) is 0 Å². The molecule has 2 aromatic carbocycles. The maximum Gasteiger partial charge on any atom is 0.227 e. The molecule has 1 N–H and O–H groups in total. The summed E-state index contributed by atoms with van der Waals surface area (Å²) < 4.78 is 14.9. The second-order valence-electron chi connectivity index (χ2n) is 8.63. The Hall–Kier alpha value is -3.19. The fourth-order valence-corrected chi connectivity index (χ4v) is 4.62. The van der Waals surface area contributed by atoms with Crippen LogP contribution in [0.3, 0.4) is 0 Å². The van der Waals surface area contributed by atoms with Gasteiger partial charge in [-0.25, -0.2) is 14.4 Å². The molecule has 3 aromatic rings. The second kappa shape index (κ2) is 7.81. The summed E-state index contributed by atoms with van der Waals surface area (Å²) in [5.74, 6) is 0.235. The molecule has 2 aliphatic rings. The van der Waals surface area contributed by atoms with Crippen molar-refractivity contribution in [1.82, 2.24) is 14.9 Å². The van der Waals surface area contributed by atoms with Gasteiger partial charge in [-0.1, -0.05) is 12.1 Å². The lowest BCUT2D eigenvalue weighted by Gasteiger charge is -2.33. The molecule has 31 heavy (non-hydrogen) atoms. The van der Waals surface area contributed by atoms with E-state index in [9.17, 15) is 4.39 Å². The van der Waals surface area contributed by atoms with Gasteiger partial charge in [0.05, 0.1) is 11.4 Å². The number of hydrogen-bond donors (Lipinski definition) is 1. The minimum Gasteiger partial charge on any atom is -0.378 e. The Bertz CT molecular complexity index is 1080. The smallest absolute Gasteiger partial charge is 0.227 e. The summed E-state index contributed by atoms with van der Waals surface area (Å²) in [5, 5.41) is 3.15. The lowest BCUT2D eigenvalue weighted by molar-refractivity contribution is 0.292. The van der Waals surface area contributed by atoms with Crippen molar-refractivity contribution in [3.63, 3.8) is 0 Å². The third-order valence-electron chi connectivity index (χ3n) is 6.36. The first-order chi connectivity index (χ1) is 15.0. The number of halogens is 1. The fourth-order valence-electron chi connectivity index (χ4n) is 4.62. The molecule has 0 spiro atoms. The zero-order valence-electron chi connectivity index (χ0n) is 18.1. The topological polar surface area (TPSA) is 47.5 Å². The van der Waals surface area contributed by atoms with Gasteiger partial charge in [0.2, 0.25) is 5.95 Å². The van der Waals surface area contributed by atoms with Crippen LogP contribution in [0.25, 0.3) is 11.3 Å². The molecule has 1 aromatic heterocycles. The second-order valence-corrected chi connectivity index (χ2v) is 8.63. The SMILES string of the molecule is CN(C)c1ccc(-c2ccnc(Nc3ccc(N4CC5CC4CN5C)c(F)c3)n2)cc1. The predicted molar refractivity (Wildman–Crippen MR) is 124 cm³/mol. The number of rotatable bonds is 5. The van der Waals surface area contributed by atoms with Crippen LogP contribution in [0, 0.1) is 5.82 Å². The third-order valence-corrected chi connectivity index (χ3v) is 6.36. The van der Waals surface area contributed by atoms with Gasteiger partial charge in [0.25, 0.3) is 0 Å². The van der Waals surface area contributed by atoms with Crippen LogP contribution >= 0.6 is 0 Å². The minimum atomic E-state index is -0.212. The number of benzene rings is 2. The van der Waals surface area contributed by atoms with Crippen LogP contribution in [-0.2, 0) is 0 Å². The highest BCUT2D eigenvalue weighted by Crippen LogP contribution is 2.35. The minimum absolute atomic E-state index is 0.212. The van der Waals surface area contributed by atoms with E-state index in [-0.39, 0.29) is 5.82 Å². The molecule has 2 fully saturated rings. The summed E-state index contributed by atoms with van der Waals surface area (Å²) in [6, 6.07) is 16.3. The molecule has 2 atom stereocenters. The molecule has 0 amide bonds. The van der Waals surface area contributed by atoms with Crippen LogP contribution in [0.1, 0.15) is 6.42 Å². The normalized spacial score (nSPS) is 20.3. The van der Waals surface area contributed by atoms with Crippen LogP contribution in [0.4, 0.5) is 27.4 Å². The van der Waals surface area contributed by atoms with E-state index < -0.39 is 0 Å². The van der Waals surface area contributed by atoms with Crippen LogP contribution < -0.4 is 15.1 Å². The lowest BCUT2D eigenvalue weighted by atomic mass is 10.1. The van der Waals surface area contributed by atoms with Crippen LogP contribution in [-0.4, -0.2) is 61.2 Å². The van der Waals surface area contributed by atoms with E-state index in [0.29, 0.717) is 29.4 Å². The average molecular weight is 419 g/mol. The van der Waals surface area contributed by atoms with Crippen molar-refractivity contribution in [2.24, 2.45) is 0 Å². The largest absolute Gasteiger partial charge is 0.378 e. The van der Waals surface area contributed by atoms with Crippen molar-refractivity contribution >= 4 is 23.0 Å². The molecule has 2 unspecified atom stereocenters. The third kappa shape index (κ3) is 3.81. The molecule has 0 saturated carbocycles. The van der Waals surface area contributed by atoms with Crippen LogP contribution in [0.5, 0.6) is 0 Å². The number of nitrogens with one attached hydrogen (secondary N) is 1. The highest BCUT2D eigenvalue weighted by Gasteiger charge is 2.42. The first-order valence-electron chi connectivity index (χ1n) is 10.6. The molecule has 2 saturated heterocycles. The van der Waals surface area contributed by atoms with E-state index in [4.69, 9.17) is 0 Å². The number of anilines is 4. The van der Waals surface area contributed by atoms with Gasteiger partial charge in [-0.3, -0.25) is 4.90 Å². The number of piperazine rings is 1. The number of nitrogens with zero attached hydrogens (tertiary/aromatic N) is 5. The lowest BCUT2D eigenvalue weighted by Crippen LogP contribution is -2.44. The van der Waals surface area contributed by atoms with Gasteiger partial charge in [0.15, 0.2) is 0 Å². The molecular weight excluding hydrogens is 391 g/mol. The molecule has 2 aliphatic heterocycles. The Morgan fingerprint density at radius 1 is 1.03 bits per heavy atom. The van der Waals surface area contributed by atoms with Crippen molar-refractivity contribution in [2.75, 3.05) is 49.3 Å². The van der Waals surface area contributed by atoms with E-state index in [1.807, 2.05) is 44.4 Å². The zero-order valence-corrected chi connectivity index (χ0v) is 18.1. The Morgan fingerprint density at radius 3 is 2.48 bits per heavy atom. The molecule has 3 heterocycles. The molecular formula is C24H27FN6. The summed E-state index contributed by atoms with van der Waals surface area (Å²) >= 11 is 0. The Kier molecular flexibility index (Phi) is 4.98. The average Bonchev–Trinajstić information content (AvgIpc) is 3.34. The highest BCUT2D eigenvalue weighted by atomic mass is 19.1. The standard InChI is InChI=1S/C24H27FN6/c1-29(2)18-7-4-16(5-8-18)22-10-11-26-24(28-22)27-17-6-9-23(21(25)12-17)31-15-19-13-20(31)14-30(19)3/h4-12,19-20H,13-15H2,1-3H3,(H,26,27,28). The van der Waals surface area contributed by atoms with Crippen molar-refractivity contribution < 1.29 is 4.39 Å². The van der Waals surface area contributed by atoms with E-state index in [1.54, 1.807) is 6.20 Å². The summed E-state index contributed by atoms with van der Waals surface area (Å²) in [7, 11) is 6.17. The van der Waals surface area contributed by atoms with Gasteiger partial charge in [0, 0.05) is 62.4 Å². The van der Waals surface area contributed by atoms with Crippen molar-refractivity contribution in [3.8, 4) is 11.3 Å². The zero-order chi connectivity index (χ0) is 21.5. The fraction of sp³-hybridized carbons (Fsp3) is 0.333. The van der Waals surface area contributed by atoms with Gasteiger partial charge in [-0.15, -0.1) is 0 Å². The van der Waals surface area contributed by atoms with Crippen LogP contribution in [0.2, 0.25) is 0 Å². The highest BCUT2D eigenvalue weighted by molar-refractivity contribution is 5.66. The summed E-state index contributed by atoms with van der Waals surface area (Å²) in [4.78, 5) is 15.5. The van der Waals surface area contributed by atoms with Gasteiger partial charge in [0.1, 0.15) is 5.82 Å². The Balaban J connectivity index is 1.32. The molecule has 7 heteroatoms. The molecule has 2 bridgehead atoms. The maximum atomic E-state index is 14.9.